The molecule has 0 atom stereocenters. The van der Waals surface area contributed by atoms with E-state index in [4.69, 9.17) is 0 Å². The first kappa shape index (κ1) is 12.3. The number of benzene rings is 2. The molecule has 2 aromatic rings. The van der Waals surface area contributed by atoms with Gasteiger partial charge in [-0.3, -0.25) is 0 Å². The molecule has 2 aromatic carbocycles. The van der Waals surface area contributed by atoms with Crippen LogP contribution < -0.4 is 4.90 Å². The van der Waals surface area contributed by atoms with Crippen LogP contribution in [0.3, 0.4) is 0 Å². The molecule has 0 aliphatic carbocycles. The molecule has 92 valence electrons. The van der Waals surface area contributed by atoms with E-state index in [0.29, 0.717) is 0 Å². The standard InChI is InChI=1S/C15H17N3/c1-12-11-14(9-10-15(12)18(2)3)17-16-13-7-5-4-6-8-13/h4-11H,1-3H3. The van der Waals surface area contributed by atoms with Crippen LogP contribution in [0, 0.1) is 6.92 Å². The molecule has 0 aliphatic heterocycles. The minimum atomic E-state index is 0.867. The predicted octanol–water partition coefficient (Wildman–Crippen LogP) is 4.48. The summed E-state index contributed by atoms with van der Waals surface area (Å²) in [5, 5.41) is 8.45. The van der Waals surface area contributed by atoms with E-state index in [2.05, 4.69) is 28.1 Å². The number of hydrogen-bond acceptors (Lipinski definition) is 3. The molecular weight excluding hydrogens is 222 g/mol. The molecule has 0 aromatic heterocycles. The summed E-state index contributed by atoms with van der Waals surface area (Å²) in [6.07, 6.45) is 0. The van der Waals surface area contributed by atoms with Crippen LogP contribution in [0.2, 0.25) is 0 Å². The number of nitrogens with zero attached hydrogens (tertiary/aromatic N) is 3. The number of azo groups is 1. The van der Waals surface area contributed by atoms with E-state index >= 15 is 0 Å². The molecule has 3 heteroatoms. The lowest BCUT2D eigenvalue weighted by atomic mass is 10.1. The van der Waals surface area contributed by atoms with Crippen LogP contribution in [0.15, 0.2) is 58.8 Å². The summed E-state index contributed by atoms with van der Waals surface area (Å²) in [5.74, 6) is 0. The Hall–Kier alpha value is -2.16. The third-order valence-electron chi connectivity index (χ3n) is 2.70. The average molecular weight is 239 g/mol. The number of anilines is 1. The Bertz CT molecular complexity index is 545. The lowest BCUT2D eigenvalue weighted by molar-refractivity contribution is 1.11. The summed E-state index contributed by atoms with van der Waals surface area (Å²) >= 11 is 0. The quantitative estimate of drug-likeness (QED) is 0.726. The first-order valence-electron chi connectivity index (χ1n) is 5.91. The smallest absolute Gasteiger partial charge is 0.0861 e. The number of hydrogen-bond donors (Lipinski definition) is 0. The van der Waals surface area contributed by atoms with Crippen molar-refractivity contribution in [2.45, 2.75) is 6.92 Å². The van der Waals surface area contributed by atoms with Gasteiger partial charge in [-0.1, -0.05) is 18.2 Å². The average Bonchev–Trinajstić information content (AvgIpc) is 2.37. The molecule has 18 heavy (non-hydrogen) atoms. The normalized spacial score (nSPS) is 10.8. The van der Waals surface area contributed by atoms with E-state index in [1.165, 1.54) is 11.3 Å². The van der Waals surface area contributed by atoms with Crippen molar-refractivity contribution in [1.82, 2.24) is 0 Å². The highest BCUT2D eigenvalue weighted by Crippen LogP contribution is 2.25. The molecule has 0 spiro atoms. The van der Waals surface area contributed by atoms with Crippen LogP contribution in [-0.4, -0.2) is 14.1 Å². The van der Waals surface area contributed by atoms with Crippen LogP contribution in [0.4, 0.5) is 17.1 Å². The summed E-state index contributed by atoms with van der Waals surface area (Å²) in [6, 6.07) is 15.8. The Labute approximate surface area is 108 Å². The first-order chi connectivity index (χ1) is 8.66. The van der Waals surface area contributed by atoms with Gasteiger partial charge in [-0.05, 0) is 42.8 Å². The molecule has 2 rings (SSSR count). The second-order valence-corrected chi connectivity index (χ2v) is 4.40. The Morgan fingerprint density at radius 1 is 0.833 bits per heavy atom. The van der Waals surface area contributed by atoms with Gasteiger partial charge < -0.3 is 4.90 Å². The minimum absolute atomic E-state index is 0.867. The molecule has 0 saturated carbocycles. The third-order valence-corrected chi connectivity index (χ3v) is 2.70. The van der Waals surface area contributed by atoms with Gasteiger partial charge in [0.05, 0.1) is 11.4 Å². The highest BCUT2D eigenvalue weighted by molar-refractivity contribution is 5.58. The highest BCUT2D eigenvalue weighted by Gasteiger charge is 2.01. The van der Waals surface area contributed by atoms with Crippen LogP contribution >= 0.6 is 0 Å². The molecular formula is C15H17N3. The fourth-order valence-electron chi connectivity index (χ4n) is 1.81. The van der Waals surface area contributed by atoms with Crippen molar-refractivity contribution in [3.8, 4) is 0 Å². The van der Waals surface area contributed by atoms with Gasteiger partial charge in [0.25, 0.3) is 0 Å². The summed E-state index contributed by atoms with van der Waals surface area (Å²) in [6.45, 7) is 2.08. The van der Waals surface area contributed by atoms with E-state index in [9.17, 15) is 0 Å². The Balaban J connectivity index is 2.21. The second kappa shape index (κ2) is 5.45. The maximum Gasteiger partial charge on any atom is 0.0861 e. The molecule has 0 bridgehead atoms. The molecule has 0 unspecified atom stereocenters. The van der Waals surface area contributed by atoms with Crippen molar-refractivity contribution < 1.29 is 0 Å². The second-order valence-electron chi connectivity index (χ2n) is 4.40. The lowest BCUT2D eigenvalue weighted by Crippen LogP contribution is -2.09. The SMILES string of the molecule is Cc1cc(N=Nc2ccccc2)ccc1N(C)C. The highest BCUT2D eigenvalue weighted by atomic mass is 15.1. The molecule has 0 amide bonds. The van der Waals surface area contributed by atoms with Crippen LogP contribution in [0.5, 0.6) is 0 Å². The molecule has 0 heterocycles. The summed E-state index contributed by atoms with van der Waals surface area (Å²) in [5.41, 5.74) is 4.15. The molecule has 0 fully saturated rings. The van der Waals surface area contributed by atoms with E-state index in [1.807, 2.05) is 56.6 Å². The van der Waals surface area contributed by atoms with Gasteiger partial charge in [0.2, 0.25) is 0 Å². The van der Waals surface area contributed by atoms with Crippen molar-refractivity contribution in [2.24, 2.45) is 10.2 Å². The van der Waals surface area contributed by atoms with Gasteiger partial charge in [0, 0.05) is 19.8 Å². The van der Waals surface area contributed by atoms with Gasteiger partial charge in [-0.25, -0.2) is 0 Å². The van der Waals surface area contributed by atoms with Crippen molar-refractivity contribution in [1.29, 1.82) is 0 Å². The third kappa shape index (κ3) is 2.94. The van der Waals surface area contributed by atoms with Crippen LogP contribution in [0.1, 0.15) is 5.56 Å². The van der Waals surface area contributed by atoms with E-state index in [1.54, 1.807) is 0 Å². The van der Waals surface area contributed by atoms with Crippen molar-refractivity contribution in [2.75, 3.05) is 19.0 Å². The zero-order valence-corrected chi connectivity index (χ0v) is 11.0. The maximum absolute atomic E-state index is 4.24. The van der Waals surface area contributed by atoms with Gasteiger partial charge >= 0.3 is 0 Å². The monoisotopic (exact) mass is 239 g/mol. The maximum atomic E-state index is 4.24. The zero-order chi connectivity index (χ0) is 13.0. The Morgan fingerprint density at radius 3 is 2.11 bits per heavy atom. The first-order valence-corrected chi connectivity index (χ1v) is 5.91. The zero-order valence-electron chi connectivity index (χ0n) is 11.0. The number of aryl methyl sites for hydroxylation is 1. The minimum Gasteiger partial charge on any atom is -0.377 e. The van der Waals surface area contributed by atoms with E-state index in [0.717, 1.165) is 11.4 Å². The van der Waals surface area contributed by atoms with Gasteiger partial charge in [-0.15, -0.1) is 0 Å². The predicted molar refractivity (Wildman–Crippen MR) is 76.1 cm³/mol. The molecule has 0 radical (unpaired) electrons. The van der Waals surface area contributed by atoms with Crippen molar-refractivity contribution in [3.63, 3.8) is 0 Å². The van der Waals surface area contributed by atoms with Gasteiger partial charge in [-0.2, -0.15) is 10.2 Å². The Morgan fingerprint density at radius 2 is 1.50 bits per heavy atom. The fraction of sp³-hybridized carbons (Fsp3) is 0.200. The largest absolute Gasteiger partial charge is 0.377 e. The summed E-state index contributed by atoms with van der Waals surface area (Å²) in [4.78, 5) is 2.09. The lowest BCUT2D eigenvalue weighted by Gasteiger charge is -2.15. The van der Waals surface area contributed by atoms with E-state index in [-0.39, 0.29) is 0 Å². The number of rotatable bonds is 3. The van der Waals surface area contributed by atoms with Crippen molar-refractivity contribution in [3.05, 3.63) is 54.1 Å². The Kier molecular flexibility index (Phi) is 3.72. The van der Waals surface area contributed by atoms with Crippen LogP contribution in [-0.2, 0) is 0 Å². The van der Waals surface area contributed by atoms with E-state index < -0.39 is 0 Å². The topological polar surface area (TPSA) is 28.0 Å². The molecule has 0 N–H and O–H groups in total. The molecule has 0 aliphatic rings. The summed E-state index contributed by atoms with van der Waals surface area (Å²) < 4.78 is 0. The van der Waals surface area contributed by atoms with Crippen molar-refractivity contribution >= 4 is 17.1 Å². The fourth-order valence-corrected chi connectivity index (χ4v) is 1.81. The summed E-state index contributed by atoms with van der Waals surface area (Å²) in [7, 11) is 4.07. The van der Waals surface area contributed by atoms with Crippen LogP contribution in [0.25, 0.3) is 0 Å². The molecule has 3 nitrogen and oxygen atoms in total. The van der Waals surface area contributed by atoms with Gasteiger partial charge in [0.1, 0.15) is 0 Å². The molecule has 0 saturated heterocycles. The van der Waals surface area contributed by atoms with Gasteiger partial charge in [0.15, 0.2) is 0 Å².